The monoisotopic (exact) mass is 390 g/mol. The van der Waals surface area contributed by atoms with Gasteiger partial charge >= 0.3 is 0 Å². The van der Waals surface area contributed by atoms with Crippen molar-refractivity contribution < 1.29 is 14.3 Å². The molecule has 150 valence electrons. The van der Waals surface area contributed by atoms with E-state index in [9.17, 15) is 10.1 Å². The molecule has 0 saturated heterocycles. The predicted molar refractivity (Wildman–Crippen MR) is 115 cm³/mol. The topological polar surface area (TPSA) is 62.6 Å². The number of rotatable bonds is 9. The first-order valence-corrected chi connectivity index (χ1v) is 9.40. The van der Waals surface area contributed by atoms with Crippen molar-refractivity contribution in [3.8, 4) is 17.6 Å². The standard InChI is InChI=1S/C24H26N2O3/c1-5-10-20-13-19(14-21(16-25)24(27)26(3)4)15-22(28-6-2)23(20)29-17-18-11-8-7-9-12-18/h5,7-9,11-15H,1,6,10,17H2,2-4H3/b21-14-. The minimum Gasteiger partial charge on any atom is -0.490 e. The molecule has 5 nitrogen and oxygen atoms in total. The van der Waals surface area contributed by atoms with Crippen LogP contribution in [0, 0.1) is 11.3 Å². The summed E-state index contributed by atoms with van der Waals surface area (Å²) in [6, 6.07) is 15.5. The Morgan fingerprint density at radius 1 is 1.21 bits per heavy atom. The number of allylic oxidation sites excluding steroid dienone is 1. The van der Waals surface area contributed by atoms with Crippen LogP contribution in [0.15, 0.2) is 60.7 Å². The van der Waals surface area contributed by atoms with E-state index in [0.717, 1.165) is 11.1 Å². The summed E-state index contributed by atoms with van der Waals surface area (Å²) < 4.78 is 11.9. The minimum atomic E-state index is -0.347. The van der Waals surface area contributed by atoms with Crippen LogP contribution in [-0.2, 0) is 17.8 Å². The van der Waals surface area contributed by atoms with Crippen molar-refractivity contribution in [2.45, 2.75) is 20.0 Å². The number of hydrogen-bond acceptors (Lipinski definition) is 4. The Hall–Kier alpha value is -3.52. The quantitative estimate of drug-likeness (QED) is 0.362. The molecule has 5 heteroatoms. The van der Waals surface area contributed by atoms with Gasteiger partial charge in [0.15, 0.2) is 11.5 Å². The van der Waals surface area contributed by atoms with E-state index in [-0.39, 0.29) is 11.5 Å². The van der Waals surface area contributed by atoms with Gasteiger partial charge in [0.1, 0.15) is 18.2 Å². The van der Waals surface area contributed by atoms with Crippen LogP contribution in [0.2, 0.25) is 0 Å². The average Bonchev–Trinajstić information content (AvgIpc) is 2.72. The first-order valence-electron chi connectivity index (χ1n) is 9.40. The number of nitrogens with zero attached hydrogens (tertiary/aromatic N) is 2. The van der Waals surface area contributed by atoms with Gasteiger partial charge in [0.25, 0.3) is 5.91 Å². The van der Waals surface area contributed by atoms with E-state index in [1.54, 1.807) is 32.3 Å². The molecule has 0 aliphatic carbocycles. The second-order valence-corrected chi connectivity index (χ2v) is 6.58. The lowest BCUT2D eigenvalue weighted by Crippen LogP contribution is -2.22. The van der Waals surface area contributed by atoms with E-state index in [1.807, 2.05) is 49.4 Å². The third-order valence-corrected chi connectivity index (χ3v) is 4.11. The van der Waals surface area contributed by atoms with E-state index >= 15 is 0 Å². The summed E-state index contributed by atoms with van der Waals surface area (Å²) in [7, 11) is 3.23. The van der Waals surface area contributed by atoms with Gasteiger partial charge in [-0.3, -0.25) is 4.79 Å². The lowest BCUT2D eigenvalue weighted by atomic mass is 10.0. The Labute approximate surface area is 172 Å². The Bertz CT molecular complexity index is 925. The molecule has 0 unspecified atom stereocenters. The number of benzene rings is 2. The molecule has 0 fully saturated rings. The van der Waals surface area contributed by atoms with Gasteiger partial charge in [-0.15, -0.1) is 6.58 Å². The van der Waals surface area contributed by atoms with Crippen molar-refractivity contribution in [3.05, 3.63) is 77.4 Å². The van der Waals surface area contributed by atoms with Gasteiger partial charge in [-0.25, -0.2) is 0 Å². The molecule has 0 spiro atoms. The van der Waals surface area contributed by atoms with E-state index in [4.69, 9.17) is 9.47 Å². The highest BCUT2D eigenvalue weighted by Gasteiger charge is 2.16. The van der Waals surface area contributed by atoms with Gasteiger partial charge in [0, 0.05) is 19.7 Å². The maximum absolute atomic E-state index is 12.2. The van der Waals surface area contributed by atoms with Crippen LogP contribution in [0.25, 0.3) is 6.08 Å². The highest BCUT2D eigenvalue weighted by atomic mass is 16.5. The number of likely N-dealkylation sites (N-methyl/N-ethyl adjacent to an activating group) is 1. The van der Waals surface area contributed by atoms with Crippen molar-refractivity contribution in [2.24, 2.45) is 0 Å². The largest absolute Gasteiger partial charge is 0.490 e. The molecular formula is C24H26N2O3. The Morgan fingerprint density at radius 3 is 2.52 bits per heavy atom. The van der Waals surface area contributed by atoms with Crippen molar-refractivity contribution in [1.29, 1.82) is 5.26 Å². The van der Waals surface area contributed by atoms with E-state index < -0.39 is 0 Å². The van der Waals surface area contributed by atoms with Crippen LogP contribution >= 0.6 is 0 Å². The van der Waals surface area contributed by atoms with Crippen molar-refractivity contribution in [3.63, 3.8) is 0 Å². The molecule has 29 heavy (non-hydrogen) atoms. The second-order valence-electron chi connectivity index (χ2n) is 6.58. The number of hydrogen-bond donors (Lipinski definition) is 0. The summed E-state index contributed by atoms with van der Waals surface area (Å²) in [5.74, 6) is 0.869. The Kier molecular flexibility index (Phi) is 8.05. The maximum Gasteiger partial charge on any atom is 0.264 e. The summed E-state index contributed by atoms with van der Waals surface area (Å²) in [5, 5.41) is 9.38. The zero-order valence-corrected chi connectivity index (χ0v) is 17.1. The molecule has 0 saturated carbocycles. The Balaban J connectivity index is 2.46. The van der Waals surface area contributed by atoms with Gasteiger partial charge in [-0.2, -0.15) is 5.26 Å². The zero-order chi connectivity index (χ0) is 21.2. The molecule has 1 amide bonds. The number of nitriles is 1. The van der Waals surface area contributed by atoms with Crippen molar-refractivity contribution in [1.82, 2.24) is 4.90 Å². The summed E-state index contributed by atoms with van der Waals surface area (Å²) >= 11 is 0. The molecule has 2 aromatic rings. The maximum atomic E-state index is 12.2. The fraction of sp³-hybridized carbons (Fsp3) is 0.250. The third-order valence-electron chi connectivity index (χ3n) is 4.11. The average molecular weight is 390 g/mol. The number of carbonyl (C=O) groups excluding carboxylic acids is 1. The molecule has 2 rings (SSSR count). The summed E-state index contributed by atoms with van der Waals surface area (Å²) in [6.07, 6.45) is 3.91. The highest BCUT2D eigenvalue weighted by Crippen LogP contribution is 2.35. The number of amides is 1. The van der Waals surface area contributed by atoms with Gasteiger partial charge < -0.3 is 14.4 Å². The van der Waals surface area contributed by atoms with E-state index in [2.05, 4.69) is 6.58 Å². The predicted octanol–water partition coefficient (Wildman–Crippen LogP) is 4.39. The fourth-order valence-electron chi connectivity index (χ4n) is 2.78. The molecule has 0 heterocycles. The second kappa shape index (κ2) is 10.7. The number of carbonyl (C=O) groups is 1. The molecule has 0 aliphatic rings. The summed E-state index contributed by atoms with van der Waals surface area (Å²) in [5.41, 5.74) is 2.68. The lowest BCUT2D eigenvalue weighted by molar-refractivity contribution is -0.124. The van der Waals surface area contributed by atoms with Crippen LogP contribution in [0.3, 0.4) is 0 Å². The van der Waals surface area contributed by atoms with Gasteiger partial charge in [0.05, 0.1) is 6.61 Å². The van der Waals surface area contributed by atoms with Gasteiger partial charge in [-0.1, -0.05) is 36.4 Å². The van der Waals surface area contributed by atoms with Crippen LogP contribution in [-0.4, -0.2) is 31.5 Å². The van der Waals surface area contributed by atoms with Crippen LogP contribution in [0.4, 0.5) is 0 Å². The molecule has 0 aromatic heterocycles. The van der Waals surface area contributed by atoms with Gasteiger partial charge in [0.2, 0.25) is 0 Å². The molecular weight excluding hydrogens is 364 g/mol. The van der Waals surface area contributed by atoms with Gasteiger partial charge in [-0.05, 0) is 42.7 Å². The van der Waals surface area contributed by atoms with Crippen LogP contribution in [0.5, 0.6) is 11.5 Å². The SMILES string of the molecule is C=CCc1cc(/C=C(/C#N)C(=O)N(C)C)cc(OCC)c1OCc1ccccc1. The summed E-state index contributed by atoms with van der Waals surface area (Å²) in [4.78, 5) is 13.6. The molecule has 0 bridgehead atoms. The lowest BCUT2D eigenvalue weighted by Gasteiger charge is -2.17. The normalized spacial score (nSPS) is 10.8. The van der Waals surface area contributed by atoms with Crippen LogP contribution < -0.4 is 9.47 Å². The summed E-state index contributed by atoms with van der Waals surface area (Å²) in [6.45, 7) is 6.59. The highest BCUT2D eigenvalue weighted by molar-refractivity contribution is 6.01. The molecule has 0 N–H and O–H groups in total. The first kappa shape index (κ1) is 21.8. The Morgan fingerprint density at radius 2 is 1.93 bits per heavy atom. The molecule has 0 atom stereocenters. The first-order chi connectivity index (χ1) is 14.0. The van der Waals surface area contributed by atoms with Crippen molar-refractivity contribution >= 4 is 12.0 Å². The molecule has 0 aliphatic heterocycles. The van der Waals surface area contributed by atoms with E-state index in [0.29, 0.717) is 36.7 Å². The van der Waals surface area contributed by atoms with E-state index in [1.165, 1.54) is 4.90 Å². The third kappa shape index (κ3) is 5.98. The smallest absolute Gasteiger partial charge is 0.264 e. The van der Waals surface area contributed by atoms with Crippen molar-refractivity contribution in [2.75, 3.05) is 20.7 Å². The molecule has 2 aromatic carbocycles. The minimum absolute atomic E-state index is 0.0555. The molecule has 0 radical (unpaired) electrons. The fourth-order valence-corrected chi connectivity index (χ4v) is 2.78. The zero-order valence-electron chi connectivity index (χ0n) is 17.1. The van der Waals surface area contributed by atoms with Crippen LogP contribution in [0.1, 0.15) is 23.6 Å². The number of ether oxygens (including phenoxy) is 2.